The standard InChI is InChI=1S/C88H58N6O2/c89-53-65-52-72(88-91-86(59-32-18-6-19-33-59)90-87(92-88)60-34-20-7-21-35-60)83(94-74-43-37-62(55-24-10-2-11-25-55)51-71(74)81-76(94)45-41-67-69-49-64(57-28-14-4-15-29-57)39-47-78(69)96-85(67)81)79(58-30-16-5-17-31-58)82(65)93-73-42-36-61(54-22-8-1-9-23-54)50-70(73)80-75(93)44-40-66-68-48-63(56-26-12-3-13-27-56)38-46-77(68)95-84(66)80/h1-6,8-19,22-33,36-52,60H,7,20-21,34-35H2. The van der Waals surface area contributed by atoms with Gasteiger partial charge in [-0.05, 0) is 142 Å². The molecule has 0 atom stereocenters. The van der Waals surface area contributed by atoms with Crippen molar-refractivity contribution in [3.63, 3.8) is 0 Å². The molecule has 1 saturated carbocycles. The van der Waals surface area contributed by atoms with Crippen molar-refractivity contribution in [2.24, 2.45) is 0 Å². The zero-order valence-corrected chi connectivity index (χ0v) is 52.2. The zero-order valence-electron chi connectivity index (χ0n) is 52.2. The third kappa shape index (κ3) is 8.92. The van der Waals surface area contributed by atoms with Crippen LogP contribution in [0, 0.1) is 11.3 Å². The van der Waals surface area contributed by atoms with Crippen molar-refractivity contribution < 1.29 is 8.83 Å². The smallest absolute Gasteiger partial charge is 0.165 e. The molecule has 0 N–H and O–H groups in total. The molecule has 0 saturated heterocycles. The molecule has 0 spiro atoms. The Balaban J connectivity index is 0.983. The van der Waals surface area contributed by atoms with Gasteiger partial charge in [-0.2, -0.15) is 5.26 Å². The maximum Gasteiger partial charge on any atom is 0.165 e. The molecule has 13 aromatic carbocycles. The van der Waals surface area contributed by atoms with E-state index in [2.05, 4.69) is 282 Å². The van der Waals surface area contributed by atoms with Gasteiger partial charge in [-0.3, -0.25) is 0 Å². The lowest BCUT2D eigenvalue weighted by Gasteiger charge is -2.25. The Kier molecular flexibility index (Phi) is 12.9. The van der Waals surface area contributed by atoms with Gasteiger partial charge in [0.25, 0.3) is 0 Å². The van der Waals surface area contributed by atoms with E-state index in [-0.39, 0.29) is 5.92 Å². The molecule has 19 rings (SSSR count). The Labute approximate surface area is 552 Å². The van der Waals surface area contributed by atoms with E-state index in [1.165, 1.54) is 6.42 Å². The minimum absolute atomic E-state index is 0.126. The molecule has 5 heterocycles. The van der Waals surface area contributed by atoms with Gasteiger partial charge < -0.3 is 18.0 Å². The van der Waals surface area contributed by atoms with Gasteiger partial charge in [0.05, 0.1) is 49.8 Å². The molecule has 0 bridgehead atoms. The summed E-state index contributed by atoms with van der Waals surface area (Å²) in [4.78, 5) is 16.7. The van der Waals surface area contributed by atoms with Gasteiger partial charge >= 0.3 is 0 Å². The third-order valence-corrected chi connectivity index (χ3v) is 20.0. The quantitative estimate of drug-likeness (QED) is 0.135. The van der Waals surface area contributed by atoms with Gasteiger partial charge in [0.2, 0.25) is 0 Å². The lowest BCUT2D eigenvalue weighted by atomic mass is 9.88. The Bertz CT molecular complexity index is 6160. The average molecular weight is 1230 g/mol. The van der Waals surface area contributed by atoms with E-state index < -0.39 is 0 Å². The van der Waals surface area contributed by atoms with Crippen molar-refractivity contribution in [2.75, 3.05) is 0 Å². The topological polar surface area (TPSA) is 98.6 Å². The molecule has 1 fully saturated rings. The molecule has 5 aromatic heterocycles. The number of aromatic nitrogens is 5. The van der Waals surface area contributed by atoms with Crippen LogP contribution in [0.1, 0.15) is 49.4 Å². The van der Waals surface area contributed by atoms with Gasteiger partial charge in [-0.1, -0.05) is 226 Å². The van der Waals surface area contributed by atoms with Gasteiger partial charge in [-0.25, -0.2) is 15.0 Å². The number of fused-ring (bicyclic) bond motifs is 14. The molecule has 1 aliphatic rings. The van der Waals surface area contributed by atoms with Crippen LogP contribution in [0.5, 0.6) is 0 Å². The van der Waals surface area contributed by atoms with E-state index in [0.29, 0.717) is 28.5 Å². The number of nitriles is 1. The lowest BCUT2D eigenvalue weighted by Crippen LogP contribution is -2.13. The monoisotopic (exact) mass is 1230 g/mol. The molecule has 452 valence electrons. The summed E-state index contributed by atoms with van der Waals surface area (Å²) in [5, 5.41) is 20.4. The van der Waals surface area contributed by atoms with Crippen LogP contribution in [0.25, 0.3) is 177 Å². The van der Waals surface area contributed by atoms with Crippen LogP contribution in [0.15, 0.2) is 294 Å². The van der Waals surface area contributed by atoms with E-state index in [9.17, 15) is 5.26 Å². The van der Waals surface area contributed by atoms with Crippen LogP contribution in [0.3, 0.4) is 0 Å². The lowest BCUT2D eigenvalue weighted by molar-refractivity contribution is 0.428. The minimum atomic E-state index is 0.126. The number of rotatable bonds is 10. The second-order valence-corrected chi connectivity index (χ2v) is 25.5. The highest BCUT2D eigenvalue weighted by Crippen LogP contribution is 2.51. The zero-order chi connectivity index (χ0) is 63.4. The van der Waals surface area contributed by atoms with E-state index in [0.717, 1.165) is 186 Å². The van der Waals surface area contributed by atoms with Crippen molar-refractivity contribution >= 4 is 87.5 Å². The number of hydrogen-bond acceptors (Lipinski definition) is 6. The fraction of sp³-hybridized carbons (Fsp3) is 0.0682. The van der Waals surface area contributed by atoms with E-state index in [4.69, 9.17) is 23.8 Å². The van der Waals surface area contributed by atoms with E-state index in [1.807, 2.05) is 18.2 Å². The minimum Gasteiger partial charge on any atom is -0.455 e. The fourth-order valence-electron chi connectivity index (χ4n) is 15.4. The summed E-state index contributed by atoms with van der Waals surface area (Å²) in [7, 11) is 0. The molecule has 0 aliphatic heterocycles. The number of benzene rings is 13. The first kappa shape index (κ1) is 55.2. The van der Waals surface area contributed by atoms with E-state index >= 15 is 0 Å². The molecule has 0 radical (unpaired) electrons. The Morgan fingerprint density at radius 3 is 1.19 bits per heavy atom. The van der Waals surface area contributed by atoms with Crippen molar-refractivity contribution in [1.29, 1.82) is 5.26 Å². The molecular weight excluding hydrogens is 1170 g/mol. The van der Waals surface area contributed by atoms with Gasteiger partial charge in [0, 0.05) is 54.9 Å². The van der Waals surface area contributed by atoms with Gasteiger partial charge in [0.15, 0.2) is 11.6 Å². The summed E-state index contributed by atoms with van der Waals surface area (Å²) >= 11 is 0. The molecule has 18 aromatic rings. The second kappa shape index (κ2) is 22.4. The van der Waals surface area contributed by atoms with Crippen molar-refractivity contribution in [2.45, 2.75) is 38.0 Å². The van der Waals surface area contributed by atoms with E-state index in [1.54, 1.807) is 0 Å². The van der Waals surface area contributed by atoms with Crippen LogP contribution in [0.4, 0.5) is 0 Å². The summed E-state index contributed by atoms with van der Waals surface area (Å²) in [5.74, 6) is 1.97. The Morgan fingerprint density at radius 2 is 0.729 bits per heavy atom. The highest BCUT2D eigenvalue weighted by molar-refractivity contribution is 6.27. The first-order valence-corrected chi connectivity index (χ1v) is 33.1. The van der Waals surface area contributed by atoms with Crippen LogP contribution < -0.4 is 0 Å². The normalized spacial score (nSPS) is 12.9. The first-order chi connectivity index (χ1) is 47.6. The SMILES string of the molecule is N#Cc1cc(-c2nc(-c3ccccc3)nc(C3CCCCC3)n2)c(-n2c3ccc(-c4ccccc4)cc3c3c4oc5ccc(-c6ccccc6)cc5c4ccc32)c(-c2ccccc2)c1-n1c2ccc(-c3ccccc3)cc2c2c3oc4ccc(-c5ccccc5)cc4c3ccc21. The van der Waals surface area contributed by atoms with Crippen molar-refractivity contribution in [3.8, 4) is 95.9 Å². The van der Waals surface area contributed by atoms with Gasteiger partial charge in [-0.15, -0.1) is 0 Å². The summed E-state index contributed by atoms with van der Waals surface area (Å²) in [6, 6.07) is 104. The number of hydrogen-bond donors (Lipinski definition) is 0. The van der Waals surface area contributed by atoms with Crippen LogP contribution in [-0.4, -0.2) is 24.1 Å². The second-order valence-electron chi connectivity index (χ2n) is 25.5. The molecular formula is C88H58N6O2. The van der Waals surface area contributed by atoms with Gasteiger partial charge in [0.1, 0.15) is 34.2 Å². The highest BCUT2D eigenvalue weighted by Gasteiger charge is 2.33. The summed E-state index contributed by atoms with van der Waals surface area (Å²) in [6.07, 6.45) is 5.33. The average Bonchev–Trinajstić information content (AvgIpc) is 1.12. The Hall–Kier alpha value is -12.4. The van der Waals surface area contributed by atoms with Crippen molar-refractivity contribution in [3.05, 3.63) is 297 Å². The largest absolute Gasteiger partial charge is 0.455 e. The fourth-order valence-corrected chi connectivity index (χ4v) is 15.4. The molecule has 8 nitrogen and oxygen atoms in total. The number of furan rings is 2. The predicted octanol–water partition coefficient (Wildman–Crippen LogP) is 23.5. The van der Waals surface area contributed by atoms with Crippen molar-refractivity contribution in [1.82, 2.24) is 24.1 Å². The van der Waals surface area contributed by atoms with Crippen LogP contribution >= 0.6 is 0 Å². The summed E-state index contributed by atoms with van der Waals surface area (Å²) in [6.45, 7) is 0. The van der Waals surface area contributed by atoms with Crippen LogP contribution in [0.2, 0.25) is 0 Å². The molecule has 0 amide bonds. The number of nitrogens with zero attached hydrogens (tertiary/aromatic N) is 6. The summed E-state index contributed by atoms with van der Waals surface area (Å²) in [5.41, 5.74) is 20.9. The third-order valence-electron chi connectivity index (χ3n) is 20.0. The highest BCUT2D eigenvalue weighted by atomic mass is 16.3. The predicted molar refractivity (Wildman–Crippen MR) is 392 cm³/mol. The molecule has 8 heteroatoms. The van der Waals surface area contributed by atoms with Crippen LogP contribution in [-0.2, 0) is 0 Å². The molecule has 0 unspecified atom stereocenters. The summed E-state index contributed by atoms with van der Waals surface area (Å²) < 4.78 is 19.2. The maximum atomic E-state index is 12.4. The maximum absolute atomic E-state index is 12.4. The molecule has 1 aliphatic carbocycles. The molecule has 96 heavy (non-hydrogen) atoms. The Morgan fingerprint density at radius 1 is 0.333 bits per heavy atom. The first-order valence-electron chi connectivity index (χ1n) is 33.1.